The smallest absolute Gasteiger partial charge is 0.243 e. The van der Waals surface area contributed by atoms with Gasteiger partial charge in [0.05, 0.1) is 22.0 Å². The van der Waals surface area contributed by atoms with E-state index in [4.69, 9.17) is 0 Å². The third-order valence-electron chi connectivity index (χ3n) is 5.57. The number of carbonyl (C=O) groups excluding carboxylic acids is 2. The predicted molar refractivity (Wildman–Crippen MR) is 122 cm³/mol. The first kappa shape index (κ1) is 21.6. The first-order valence-electron chi connectivity index (χ1n) is 10.3. The molecule has 2 unspecified atom stereocenters. The van der Waals surface area contributed by atoms with Gasteiger partial charge >= 0.3 is 0 Å². The molecule has 162 valence electrons. The molecule has 1 aliphatic rings. The van der Waals surface area contributed by atoms with E-state index in [-0.39, 0.29) is 11.8 Å². The second kappa shape index (κ2) is 9.23. The van der Waals surface area contributed by atoms with E-state index >= 15 is 0 Å². The van der Waals surface area contributed by atoms with Crippen LogP contribution < -0.4 is 5.32 Å². The third kappa shape index (κ3) is 4.67. The molecule has 2 aromatic heterocycles. The van der Waals surface area contributed by atoms with Crippen molar-refractivity contribution in [3.8, 4) is 10.4 Å². The number of hydrogen-bond donors (Lipinski definition) is 1. The minimum Gasteiger partial charge on any atom is -0.350 e. The zero-order valence-electron chi connectivity index (χ0n) is 17.8. The van der Waals surface area contributed by atoms with Crippen LogP contribution in [0.1, 0.15) is 47.8 Å². The summed E-state index contributed by atoms with van der Waals surface area (Å²) in [6.45, 7) is 6.70. The molecule has 3 heterocycles. The van der Waals surface area contributed by atoms with Crippen LogP contribution >= 0.6 is 22.9 Å². The van der Waals surface area contributed by atoms with Crippen molar-refractivity contribution in [3.63, 3.8) is 0 Å². The molecule has 0 saturated carbocycles. The highest BCUT2D eigenvalue weighted by molar-refractivity contribution is 7.13. The predicted octanol–water partition coefficient (Wildman–Crippen LogP) is 3.69. The monoisotopic (exact) mass is 455 g/mol. The normalized spacial score (nSPS) is 17.0. The Kier molecular flexibility index (Phi) is 6.43. The molecular weight excluding hydrogens is 430 g/mol. The molecule has 1 aliphatic heterocycles. The molecule has 7 nitrogen and oxygen atoms in total. The van der Waals surface area contributed by atoms with Crippen molar-refractivity contribution in [2.24, 2.45) is 0 Å². The molecule has 4 rings (SSSR count). The Balaban J connectivity index is 1.36. The lowest BCUT2D eigenvalue weighted by Crippen LogP contribution is -2.47. The van der Waals surface area contributed by atoms with E-state index in [0.717, 1.165) is 33.1 Å². The van der Waals surface area contributed by atoms with E-state index in [2.05, 4.69) is 31.8 Å². The second-order valence-electron chi connectivity index (χ2n) is 7.76. The van der Waals surface area contributed by atoms with Crippen molar-refractivity contribution in [3.05, 3.63) is 51.9 Å². The summed E-state index contributed by atoms with van der Waals surface area (Å²) in [6, 6.07) is 7.71. The van der Waals surface area contributed by atoms with Gasteiger partial charge in [-0.3, -0.25) is 9.59 Å². The van der Waals surface area contributed by atoms with Gasteiger partial charge in [0, 0.05) is 13.1 Å². The van der Waals surface area contributed by atoms with Gasteiger partial charge < -0.3 is 10.2 Å². The summed E-state index contributed by atoms with van der Waals surface area (Å²) in [5.74, 6) is -0.0986. The minimum absolute atomic E-state index is 0.0836. The lowest BCUT2D eigenvalue weighted by molar-refractivity contribution is -0.139. The number of hydrogen-bond acceptors (Lipinski definition) is 7. The summed E-state index contributed by atoms with van der Waals surface area (Å²) in [4.78, 5) is 37.3. The zero-order valence-corrected chi connectivity index (χ0v) is 19.4. The SMILES string of the molecule is Cc1nc(C(C)C(=O)N2CCCC2C(=O)NCc2ccc(-c3scnc3C)cc2)ns1. The number of amides is 2. The fourth-order valence-corrected chi connectivity index (χ4v) is 5.18. The van der Waals surface area contributed by atoms with Crippen LogP contribution in [0.25, 0.3) is 10.4 Å². The molecule has 0 radical (unpaired) electrons. The van der Waals surface area contributed by atoms with Crippen molar-refractivity contribution in [2.45, 2.75) is 52.1 Å². The number of benzene rings is 1. The van der Waals surface area contributed by atoms with Gasteiger partial charge in [-0.2, -0.15) is 4.37 Å². The van der Waals surface area contributed by atoms with Gasteiger partial charge in [-0.15, -0.1) is 11.3 Å². The van der Waals surface area contributed by atoms with Crippen LogP contribution in [0.5, 0.6) is 0 Å². The van der Waals surface area contributed by atoms with Crippen LogP contribution in [-0.2, 0) is 16.1 Å². The Bertz CT molecular complexity index is 1080. The summed E-state index contributed by atoms with van der Waals surface area (Å²) in [5.41, 5.74) is 5.02. The van der Waals surface area contributed by atoms with Crippen molar-refractivity contribution in [1.29, 1.82) is 0 Å². The number of likely N-dealkylation sites (tertiary alicyclic amines) is 1. The summed E-state index contributed by atoms with van der Waals surface area (Å²) in [5, 5.41) is 3.84. The molecular formula is C22H25N5O2S2. The van der Waals surface area contributed by atoms with Gasteiger partial charge in [0.2, 0.25) is 11.8 Å². The Morgan fingerprint density at radius 1 is 1.26 bits per heavy atom. The molecule has 3 aromatic rings. The molecule has 0 spiro atoms. The number of nitrogens with one attached hydrogen (secondary N) is 1. The average Bonchev–Trinajstić information content (AvgIpc) is 3.52. The van der Waals surface area contributed by atoms with Gasteiger partial charge in [-0.25, -0.2) is 9.97 Å². The van der Waals surface area contributed by atoms with E-state index < -0.39 is 12.0 Å². The average molecular weight is 456 g/mol. The molecule has 1 aromatic carbocycles. The second-order valence-corrected chi connectivity index (χ2v) is 9.58. The minimum atomic E-state index is -0.443. The number of thiazole rings is 1. The number of nitrogens with zero attached hydrogens (tertiary/aromatic N) is 4. The van der Waals surface area contributed by atoms with E-state index in [1.54, 1.807) is 16.2 Å². The number of aromatic nitrogens is 3. The highest BCUT2D eigenvalue weighted by atomic mass is 32.1. The van der Waals surface area contributed by atoms with Crippen molar-refractivity contribution < 1.29 is 9.59 Å². The van der Waals surface area contributed by atoms with Gasteiger partial charge in [-0.05, 0) is 56.3 Å². The van der Waals surface area contributed by atoms with E-state index in [0.29, 0.717) is 25.3 Å². The maximum atomic E-state index is 13.0. The van der Waals surface area contributed by atoms with Crippen molar-refractivity contribution >= 4 is 34.7 Å². The van der Waals surface area contributed by atoms with Crippen LogP contribution in [0.2, 0.25) is 0 Å². The highest BCUT2D eigenvalue weighted by Crippen LogP contribution is 2.27. The lowest BCUT2D eigenvalue weighted by Gasteiger charge is -2.26. The Labute approximate surface area is 189 Å². The van der Waals surface area contributed by atoms with Crippen LogP contribution in [0.3, 0.4) is 0 Å². The first-order valence-corrected chi connectivity index (χ1v) is 12.0. The summed E-state index contributed by atoms with van der Waals surface area (Å²) in [7, 11) is 0. The Morgan fingerprint density at radius 2 is 2.03 bits per heavy atom. The van der Waals surface area contributed by atoms with Gasteiger partial charge in [0.25, 0.3) is 0 Å². The largest absolute Gasteiger partial charge is 0.350 e. The molecule has 1 fully saturated rings. The molecule has 1 N–H and O–H groups in total. The van der Waals surface area contributed by atoms with Crippen molar-refractivity contribution in [1.82, 2.24) is 24.6 Å². The number of aryl methyl sites for hydroxylation is 2. The van der Waals surface area contributed by atoms with Crippen LogP contribution in [0, 0.1) is 13.8 Å². The van der Waals surface area contributed by atoms with Crippen molar-refractivity contribution in [2.75, 3.05) is 6.54 Å². The topological polar surface area (TPSA) is 88.1 Å². The van der Waals surface area contributed by atoms with Gasteiger partial charge in [0.15, 0.2) is 5.82 Å². The molecule has 1 saturated heterocycles. The number of rotatable bonds is 6. The van der Waals surface area contributed by atoms with E-state index in [1.807, 2.05) is 38.4 Å². The Morgan fingerprint density at radius 3 is 2.68 bits per heavy atom. The van der Waals surface area contributed by atoms with E-state index in [1.165, 1.54) is 11.5 Å². The van der Waals surface area contributed by atoms with Gasteiger partial charge in [0.1, 0.15) is 11.0 Å². The summed E-state index contributed by atoms with van der Waals surface area (Å²) in [6.07, 6.45) is 1.50. The fraction of sp³-hybridized carbons (Fsp3) is 0.409. The summed E-state index contributed by atoms with van der Waals surface area (Å²) < 4.78 is 4.26. The van der Waals surface area contributed by atoms with E-state index in [9.17, 15) is 9.59 Å². The zero-order chi connectivity index (χ0) is 22.0. The quantitative estimate of drug-likeness (QED) is 0.612. The highest BCUT2D eigenvalue weighted by Gasteiger charge is 2.37. The molecule has 2 amide bonds. The maximum absolute atomic E-state index is 13.0. The molecule has 9 heteroatoms. The molecule has 0 bridgehead atoms. The van der Waals surface area contributed by atoms with Crippen LogP contribution in [-0.4, -0.2) is 43.6 Å². The maximum Gasteiger partial charge on any atom is 0.243 e. The first-order chi connectivity index (χ1) is 14.9. The fourth-order valence-electron chi connectivity index (χ4n) is 3.81. The van der Waals surface area contributed by atoms with Gasteiger partial charge in [-0.1, -0.05) is 24.3 Å². The molecule has 31 heavy (non-hydrogen) atoms. The molecule has 0 aliphatic carbocycles. The summed E-state index contributed by atoms with van der Waals surface area (Å²) >= 11 is 2.91. The Hall–Kier alpha value is -2.65. The third-order valence-corrected chi connectivity index (χ3v) is 7.18. The standard InChI is InChI=1S/C22H25N5O2S2/c1-13(20-25-15(3)31-26-20)22(29)27-10-4-5-18(27)21(28)23-11-16-6-8-17(9-7-16)19-14(2)24-12-30-19/h6-9,12-13,18H,4-5,10-11H2,1-3H3,(H,23,28). The molecule has 2 atom stereocenters. The number of carbonyl (C=O) groups is 2. The van der Waals surface area contributed by atoms with Crippen LogP contribution in [0.15, 0.2) is 29.8 Å². The lowest BCUT2D eigenvalue weighted by atomic mass is 10.1. The van der Waals surface area contributed by atoms with Crippen LogP contribution in [0.4, 0.5) is 0 Å².